The van der Waals surface area contributed by atoms with Crippen molar-refractivity contribution in [2.75, 3.05) is 0 Å². The van der Waals surface area contributed by atoms with Gasteiger partial charge in [0.05, 0.1) is 0 Å². The summed E-state index contributed by atoms with van der Waals surface area (Å²) in [4.78, 5) is 0. The van der Waals surface area contributed by atoms with Crippen LogP contribution in [0.4, 0.5) is 0 Å². The Bertz CT molecular complexity index is 1200. The highest BCUT2D eigenvalue weighted by atomic mass is 31.2. The van der Waals surface area contributed by atoms with E-state index >= 15 is 0 Å². The number of aryl methyl sites for hydroxylation is 4. The molecule has 0 heterocycles. The third kappa shape index (κ3) is 5.28. The molecule has 31 heavy (non-hydrogen) atoms. The van der Waals surface area contributed by atoms with Crippen molar-refractivity contribution in [3.63, 3.8) is 0 Å². The minimum Gasteiger partial charge on any atom is -0.386 e. The Morgan fingerprint density at radius 2 is 0.968 bits per heavy atom. The predicted molar refractivity (Wildman–Crippen MR) is 125 cm³/mol. The minimum atomic E-state index is -4.04. The number of rotatable bonds is 6. The summed E-state index contributed by atoms with van der Waals surface area (Å²) in [6.45, 7) is 7.83. The smallest absolute Gasteiger partial charge is 0.386 e. The van der Waals surface area contributed by atoms with Crippen molar-refractivity contribution in [2.24, 2.45) is 0 Å². The summed E-state index contributed by atoms with van der Waals surface area (Å²) < 4.78 is 31.5. The zero-order valence-electron chi connectivity index (χ0n) is 18.1. The molecule has 0 radical (unpaired) electrons. The van der Waals surface area contributed by atoms with Crippen LogP contribution >= 0.6 is 7.82 Å². The molecule has 0 bridgehead atoms. The van der Waals surface area contributed by atoms with Crippen molar-refractivity contribution < 1.29 is 18.1 Å². The van der Waals surface area contributed by atoms with E-state index in [2.05, 4.69) is 0 Å². The van der Waals surface area contributed by atoms with Crippen LogP contribution in [0, 0.1) is 27.7 Å². The maximum absolute atomic E-state index is 13.8. The molecule has 4 aromatic rings. The maximum atomic E-state index is 13.8. The SMILES string of the molecule is Cc1cc(C)cc(OP(=O)(Oc2cc(C)cc(C)c2)Oc2ccc3ccccc3c2)c1. The zero-order chi connectivity index (χ0) is 22.0. The largest absolute Gasteiger partial charge is 0.647 e. The number of phosphoric ester groups is 1. The first-order valence-corrected chi connectivity index (χ1v) is 11.6. The van der Waals surface area contributed by atoms with E-state index < -0.39 is 7.82 Å². The number of phosphoric acid groups is 1. The first-order chi connectivity index (χ1) is 14.8. The molecule has 0 aliphatic carbocycles. The van der Waals surface area contributed by atoms with E-state index in [1.807, 2.05) is 100 Å². The summed E-state index contributed by atoms with van der Waals surface area (Å²) in [5, 5.41) is 2.04. The molecule has 0 aliphatic rings. The second-order valence-corrected chi connectivity index (χ2v) is 9.32. The Labute approximate surface area is 183 Å². The summed E-state index contributed by atoms with van der Waals surface area (Å²) in [6, 6.07) is 24.7. The predicted octanol–water partition coefficient (Wildman–Crippen LogP) is 7.72. The average molecular weight is 432 g/mol. The number of hydrogen-bond acceptors (Lipinski definition) is 4. The topological polar surface area (TPSA) is 44.8 Å². The number of hydrogen-bond donors (Lipinski definition) is 0. The summed E-state index contributed by atoms with van der Waals surface area (Å²) in [6.07, 6.45) is 0. The third-order valence-corrected chi connectivity index (χ3v) is 6.07. The Morgan fingerprint density at radius 1 is 0.516 bits per heavy atom. The van der Waals surface area contributed by atoms with Crippen molar-refractivity contribution in [1.82, 2.24) is 0 Å². The highest BCUT2D eigenvalue weighted by Gasteiger charge is 2.33. The van der Waals surface area contributed by atoms with E-state index in [1.165, 1.54) is 0 Å². The fourth-order valence-corrected chi connectivity index (χ4v) is 4.85. The molecule has 0 aromatic heterocycles. The van der Waals surface area contributed by atoms with Crippen LogP contribution in [-0.2, 0) is 4.57 Å². The lowest BCUT2D eigenvalue weighted by Crippen LogP contribution is -2.08. The quantitative estimate of drug-likeness (QED) is 0.293. The molecule has 0 saturated heterocycles. The van der Waals surface area contributed by atoms with E-state index in [0.717, 1.165) is 33.0 Å². The van der Waals surface area contributed by atoms with Gasteiger partial charge >= 0.3 is 7.82 Å². The molecule has 0 atom stereocenters. The van der Waals surface area contributed by atoms with Crippen molar-refractivity contribution in [2.45, 2.75) is 27.7 Å². The van der Waals surface area contributed by atoms with Gasteiger partial charge in [0.2, 0.25) is 0 Å². The fourth-order valence-electron chi connectivity index (χ4n) is 3.64. The van der Waals surface area contributed by atoms with Crippen molar-refractivity contribution in [3.8, 4) is 17.2 Å². The molecule has 0 saturated carbocycles. The molecular weight excluding hydrogens is 407 g/mol. The van der Waals surface area contributed by atoms with E-state index in [0.29, 0.717) is 17.2 Å². The van der Waals surface area contributed by atoms with Gasteiger partial charge in [-0.15, -0.1) is 0 Å². The van der Waals surface area contributed by atoms with Crippen molar-refractivity contribution >= 4 is 18.6 Å². The summed E-state index contributed by atoms with van der Waals surface area (Å²) in [5.41, 5.74) is 4.00. The van der Waals surface area contributed by atoms with Crippen LogP contribution in [0.5, 0.6) is 17.2 Å². The van der Waals surface area contributed by atoms with Crippen LogP contribution < -0.4 is 13.6 Å². The van der Waals surface area contributed by atoms with Gasteiger partial charge in [0, 0.05) is 0 Å². The second-order valence-electron chi connectivity index (χ2n) is 7.88. The first-order valence-electron chi connectivity index (χ1n) is 10.1. The number of fused-ring (bicyclic) bond motifs is 1. The Kier molecular flexibility index (Phi) is 5.75. The molecule has 0 amide bonds. The lowest BCUT2D eigenvalue weighted by atomic mass is 10.1. The van der Waals surface area contributed by atoms with Crippen molar-refractivity contribution in [1.29, 1.82) is 0 Å². The Morgan fingerprint density at radius 3 is 1.48 bits per heavy atom. The summed E-state index contributed by atoms with van der Waals surface area (Å²) in [7, 11) is -4.04. The van der Waals surface area contributed by atoms with Crippen LogP contribution in [-0.4, -0.2) is 0 Å². The molecule has 0 aliphatic heterocycles. The molecular formula is C26H25O4P. The van der Waals surface area contributed by atoms with Crippen LogP contribution in [0.2, 0.25) is 0 Å². The van der Waals surface area contributed by atoms with Gasteiger partial charge in [-0.1, -0.05) is 42.5 Å². The second kappa shape index (κ2) is 8.49. The van der Waals surface area contributed by atoms with E-state index in [9.17, 15) is 4.57 Å². The maximum Gasteiger partial charge on any atom is 0.647 e. The van der Waals surface area contributed by atoms with Gasteiger partial charge < -0.3 is 13.6 Å². The Balaban J connectivity index is 1.71. The number of benzene rings is 4. The molecule has 0 unspecified atom stereocenters. The van der Waals surface area contributed by atoms with Gasteiger partial charge in [0.1, 0.15) is 17.2 Å². The summed E-state index contributed by atoms with van der Waals surface area (Å²) >= 11 is 0. The van der Waals surface area contributed by atoms with Gasteiger partial charge in [0.25, 0.3) is 0 Å². The van der Waals surface area contributed by atoms with Gasteiger partial charge in [0.15, 0.2) is 0 Å². The standard InChI is InChI=1S/C26H25O4P/c1-18-11-19(2)14-25(13-18)29-31(27,30-26-15-20(3)12-21(4)16-26)28-24-10-9-22-7-5-6-8-23(22)17-24/h5-17H,1-4H3. The molecule has 5 heteroatoms. The molecule has 4 nitrogen and oxygen atoms in total. The van der Waals surface area contributed by atoms with Gasteiger partial charge in [-0.05, 0) is 97.1 Å². The van der Waals surface area contributed by atoms with Gasteiger partial charge in [-0.25, -0.2) is 0 Å². The van der Waals surface area contributed by atoms with Crippen molar-refractivity contribution in [3.05, 3.63) is 101 Å². The lowest BCUT2D eigenvalue weighted by molar-refractivity contribution is 0.298. The van der Waals surface area contributed by atoms with Gasteiger partial charge in [-0.2, -0.15) is 4.57 Å². The average Bonchev–Trinajstić information content (AvgIpc) is 2.65. The third-order valence-electron chi connectivity index (χ3n) is 4.76. The van der Waals surface area contributed by atoms with Crippen LogP contribution in [0.15, 0.2) is 78.9 Å². The molecule has 0 fully saturated rings. The van der Waals surface area contributed by atoms with Crippen LogP contribution in [0.3, 0.4) is 0 Å². The molecule has 4 aromatic carbocycles. The molecule has 0 N–H and O–H groups in total. The van der Waals surface area contributed by atoms with Crippen LogP contribution in [0.1, 0.15) is 22.3 Å². The minimum absolute atomic E-state index is 0.413. The highest BCUT2D eigenvalue weighted by molar-refractivity contribution is 7.49. The Hall–Kier alpha value is -3.23. The lowest BCUT2D eigenvalue weighted by Gasteiger charge is -2.20. The molecule has 0 spiro atoms. The highest BCUT2D eigenvalue weighted by Crippen LogP contribution is 2.50. The molecule has 4 rings (SSSR count). The monoisotopic (exact) mass is 432 g/mol. The first kappa shape index (κ1) is 21.0. The normalized spacial score (nSPS) is 11.4. The molecule has 158 valence electrons. The van der Waals surface area contributed by atoms with Crippen LogP contribution in [0.25, 0.3) is 10.8 Å². The van der Waals surface area contributed by atoms with E-state index in [4.69, 9.17) is 13.6 Å². The zero-order valence-corrected chi connectivity index (χ0v) is 19.0. The van der Waals surface area contributed by atoms with Gasteiger partial charge in [-0.3, -0.25) is 0 Å². The fraction of sp³-hybridized carbons (Fsp3) is 0.154. The van der Waals surface area contributed by atoms with E-state index in [-0.39, 0.29) is 0 Å². The summed E-state index contributed by atoms with van der Waals surface area (Å²) in [5.74, 6) is 1.28. The van der Waals surface area contributed by atoms with E-state index in [1.54, 1.807) is 6.07 Å².